The maximum atomic E-state index is 12.7. The standard InChI is InChI=1S/C22H28N2O5S/c1-16(2)29-22(26)14-20(18-8-6-5-7-9-18)23-21(25)15-24(4)30(27,28)19-12-10-17(3)11-13-19/h5-13,16,20H,14-15H2,1-4H3,(H,23,25). The molecule has 0 aliphatic rings. The first-order valence-electron chi connectivity index (χ1n) is 9.66. The Balaban J connectivity index is 2.10. The third-order valence-electron chi connectivity index (χ3n) is 4.37. The zero-order valence-electron chi connectivity index (χ0n) is 17.7. The van der Waals surface area contributed by atoms with Crippen LogP contribution in [0.2, 0.25) is 0 Å². The molecule has 0 spiro atoms. The number of rotatable bonds is 9. The molecule has 1 N–H and O–H groups in total. The summed E-state index contributed by atoms with van der Waals surface area (Å²) >= 11 is 0. The van der Waals surface area contributed by atoms with Gasteiger partial charge in [0.2, 0.25) is 15.9 Å². The second kappa shape index (κ2) is 10.4. The highest BCUT2D eigenvalue weighted by Gasteiger charge is 2.25. The van der Waals surface area contributed by atoms with Crippen LogP contribution in [-0.2, 0) is 24.3 Å². The first-order valence-corrected chi connectivity index (χ1v) is 11.1. The fourth-order valence-corrected chi connectivity index (χ4v) is 3.96. The SMILES string of the molecule is Cc1ccc(S(=O)(=O)N(C)CC(=O)NC(CC(=O)OC(C)C)c2ccccc2)cc1. The monoisotopic (exact) mass is 432 g/mol. The van der Waals surface area contributed by atoms with Crippen molar-refractivity contribution >= 4 is 21.9 Å². The molecule has 0 bridgehead atoms. The molecule has 0 fully saturated rings. The molecule has 0 aliphatic heterocycles. The van der Waals surface area contributed by atoms with Crippen LogP contribution in [0.3, 0.4) is 0 Å². The van der Waals surface area contributed by atoms with Gasteiger partial charge >= 0.3 is 5.97 Å². The number of nitrogens with zero attached hydrogens (tertiary/aromatic N) is 1. The van der Waals surface area contributed by atoms with E-state index in [0.717, 1.165) is 15.4 Å². The maximum absolute atomic E-state index is 12.7. The van der Waals surface area contributed by atoms with Crippen molar-refractivity contribution in [2.45, 2.75) is 44.2 Å². The zero-order chi connectivity index (χ0) is 22.3. The van der Waals surface area contributed by atoms with Gasteiger partial charge in [-0.2, -0.15) is 4.31 Å². The van der Waals surface area contributed by atoms with Crippen molar-refractivity contribution in [2.75, 3.05) is 13.6 Å². The van der Waals surface area contributed by atoms with E-state index in [2.05, 4.69) is 5.32 Å². The van der Waals surface area contributed by atoms with Gasteiger partial charge in [0.15, 0.2) is 0 Å². The molecule has 1 amide bonds. The lowest BCUT2D eigenvalue weighted by Gasteiger charge is -2.22. The Morgan fingerprint density at radius 2 is 1.63 bits per heavy atom. The third kappa shape index (κ3) is 6.67. The molecular weight excluding hydrogens is 404 g/mol. The highest BCUT2D eigenvalue weighted by molar-refractivity contribution is 7.89. The molecule has 30 heavy (non-hydrogen) atoms. The van der Waals surface area contributed by atoms with Crippen molar-refractivity contribution in [1.29, 1.82) is 0 Å². The highest BCUT2D eigenvalue weighted by Crippen LogP contribution is 2.19. The van der Waals surface area contributed by atoms with Crippen molar-refractivity contribution in [3.8, 4) is 0 Å². The van der Waals surface area contributed by atoms with Crippen LogP contribution in [0.15, 0.2) is 59.5 Å². The number of aryl methyl sites for hydroxylation is 1. The Kier molecular flexibility index (Phi) is 8.14. The van der Waals surface area contributed by atoms with Gasteiger partial charge in [-0.05, 0) is 38.5 Å². The van der Waals surface area contributed by atoms with E-state index in [-0.39, 0.29) is 24.0 Å². The number of hydrogen-bond donors (Lipinski definition) is 1. The molecule has 0 radical (unpaired) electrons. The van der Waals surface area contributed by atoms with Crippen molar-refractivity contribution in [1.82, 2.24) is 9.62 Å². The average molecular weight is 433 g/mol. The molecule has 162 valence electrons. The minimum absolute atomic E-state index is 0.0532. The molecule has 0 aliphatic carbocycles. The van der Waals surface area contributed by atoms with Gasteiger partial charge in [0.25, 0.3) is 0 Å². The van der Waals surface area contributed by atoms with E-state index < -0.39 is 27.9 Å². The van der Waals surface area contributed by atoms with Crippen molar-refractivity contribution < 1.29 is 22.7 Å². The molecule has 0 heterocycles. The Labute approximate surface area is 178 Å². The number of benzene rings is 2. The molecule has 0 saturated carbocycles. The van der Waals surface area contributed by atoms with Gasteiger partial charge in [0.1, 0.15) is 0 Å². The molecule has 2 aromatic rings. The van der Waals surface area contributed by atoms with Gasteiger partial charge < -0.3 is 10.1 Å². The van der Waals surface area contributed by atoms with Gasteiger partial charge in [-0.1, -0.05) is 48.0 Å². The summed E-state index contributed by atoms with van der Waals surface area (Å²) in [5, 5.41) is 2.76. The molecule has 7 nitrogen and oxygen atoms in total. The summed E-state index contributed by atoms with van der Waals surface area (Å²) in [4.78, 5) is 24.9. The predicted molar refractivity (Wildman–Crippen MR) is 114 cm³/mol. The van der Waals surface area contributed by atoms with Gasteiger partial charge in [0, 0.05) is 7.05 Å². The summed E-state index contributed by atoms with van der Waals surface area (Å²) in [5.74, 6) is -0.959. The Hall–Kier alpha value is -2.71. The quantitative estimate of drug-likeness (QED) is 0.615. The van der Waals surface area contributed by atoms with Gasteiger partial charge in [-0.25, -0.2) is 8.42 Å². The molecule has 0 saturated heterocycles. The summed E-state index contributed by atoms with van der Waals surface area (Å²) < 4.78 is 31.6. The number of ether oxygens (including phenoxy) is 1. The van der Waals surface area contributed by atoms with E-state index >= 15 is 0 Å². The molecule has 8 heteroatoms. The van der Waals surface area contributed by atoms with Gasteiger partial charge in [-0.15, -0.1) is 0 Å². The predicted octanol–water partition coefficient (Wildman–Crippen LogP) is 2.81. The highest BCUT2D eigenvalue weighted by atomic mass is 32.2. The average Bonchev–Trinajstić information content (AvgIpc) is 2.67. The number of nitrogens with one attached hydrogen (secondary N) is 1. The molecule has 1 atom stereocenters. The second-order valence-corrected chi connectivity index (χ2v) is 9.39. The number of carbonyl (C=O) groups is 2. The molecule has 2 rings (SSSR count). The number of amides is 1. The molecule has 1 unspecified atom stereocenters. The largest absolute Gasteiger partial charge is 0.463 e. The van der Waals surface area contributed by atoms with Crippen LogP contribution in [0.1, 0.15) is 37.4 Å². The number of sulfonamides is 1. The van der Waals surface area contributed by atoms with Crippen LogP contribution < -0.4 is 5.32 Å². The van der Waals surface area contributed by atoms with E-state index in [4.69, 9.17) is 4.74 Å². The Morgan fingerprint density at radius 3 is 2.20 bits per heavy atom. The lowest BCUT2D eigenvalue weighted by molar-refractivity contribution is -0.148. The topological polar surface area (TPSA) is 92.8 Å². The lowest BCUT2D eigenvalue weighted by atomic mass is 10.0. The number of carbonyl (C=O) groups excluding carboxylic acids is 2. The maximum Gasteiger partial charge on any atom is 0.308 e. The fourth-order valence-electron chi connectivity index (χ4n) is 2.83. The molecular formula is C22H28N2O5S. The van der Waals surface area contributed by atoms with E-state index in [1.54, 1.807) is 50.2 Å². The smallest absolute Gasteiger partial charge is 0.308 e. The van der Waals surface area contributed by atoms with E-state index in [1.807, 2.05) is 13.0 Å². The first kappa shape index (κ1) is 23.6. The number of hydrogen-bond acceptors (Lipinski definition) is 5. The van der Waals surface area contributed by atoms with Crippen LogP contribution in [0.25, 0.3) is 0 Å². The number of esters is 1. The van der Waals surface area contributed by atoms with Crippen LogP contribution in [-0.4, -0.2) is 44.3 Å². The Morgan fingerprint density at radius 1 is 1.03 bits per heavy atom. The summed E-state index contributed by atoms with van der Waals surface area (Å²) in [5.41, 5.74) is 1.67. The third-order valence-corrected chi connectivity index (χ3v) is 6.19. The normalized spacial score (nSPS) is 12.6. The van der Waals surface area contributed by atoms with Crippen LogP contribution >= 0.6 is 0 Å². The van der Waals surface area contributed by atoms with Crippen molar-refractivity contribution in [2.24, 2.45) is 0 Å². The summed E-state index contributed by atoms with van der Waals surface area (Å²) in [6.07, 6.45) is -0.321. The first-order chi connectivity index (χ1) is 14.1. The van der Waals surface area contributed by atoms with Crippen molar-refractivity contribution in [3.63, 3.8) is 0 Å². The zero-order valence-corrected chi connectivity index (χ0v) is 18.5. The van der Waals surface area contributed by atoms with E-state index in [0.29, 0.717) is 0 Å². The summed E-state index contributed by atoms with van der Waals surface area (Å²) in [7, 11) is -2.46. The minimum atomic E-state index is -3.81. The van der Waals surface area contributed by atoms with E-state index in [1.165, 1.54) is 19.2 Å². The van der Waals surface area contributed by atoms with E-state index in [9.17, 15) is 18.0 Å². The summed E-state index contributed by atoms with van der Waals surface area (Å²) in [6.45, 7) is 4.98. The van der Waals surface area contributed by atoms with Gasteiger partial charge in [0.05, 0.1) is 30.0 Å². The minimum Gasteiger partial charge on any atom is -0.463 e. The lowest BCUT2D eigenvalue weighted by Crippen LogP contribution is -2.40. The van der Waals surface area contributed by atoms with Crippen molar-refractivity contribution in [3.05, 3.63) is 65.7 Å². The van der Waals surface area contributed by atoms with Crippen LogP contribution in [0.4, 0.5) is 0 Å². The summed E-state index contributed by atoms with van der Waals surface area (Å²) in [6, 6.07) is 14.8. The molecule has 0 aromatic heterocycles. The van der Waals surface area contributed by atoms with Crippen LogP contribution in [0.5, 0.6) is 0 Å². The second-order valence-electron chi connectivity index (χ2n) is 7.35. The molecule has 2 aromatic carbocycles. The number of likely N-dealkylation sites (N-methyl/N-ethyl adjacent to an activating group) is 1. The van der Waals surface area contributed by atoms with Gasteiger partial charge in [-0.3, -0.25) is 9.59 Å². The Bertz CT molecular complexity index is 957. The fraction of sp³-hybridized carbons (Fsp3) is 0.364. The van der Waals surface area contributed by atoms with Crippen LogP contribution in [0, 0.1) is 6.92 Å².